The van der Waals surface area contributed by atoms with Crippen molar-refractivity contribution in [2.24, 2.45) is 7.05 Å². The Morgan fingerprint density at radius 3 is 2.20 bits per heavy atom. The number of fused-ring (bicyclic) bond motifs is 1. The van der Waals surface area contributed by atoms with Gasteiger partial charge in [-0.1, -0.05) is 54.1 Å². The number of allylic oxidation sites excluding steroid dienone is 2. The zero-order valence-electron chi connectivity index (χ0n) is 15.2. The van der Waals surface area contributed by atoms with Crippen LogP contribution < -0.4 is 0 Å². The molecule has 2 atom stereocenters. The average Bonchev–Trinajstić information content (AvgIpc) is 3.02. The molecule has 0 saturated carbocycles. The molecule has 0 bridgehead atoms. The molecule has 0 radical (unpaired) electrons. The van der Waals surface area contributed by atoms with Crippen molar-refractivity contribution in [3.63, 3.8) is 0 Å². The molecule has 0 aliphatic heterocycles. The number of carbonyl (C=O) groups excluding carboxylic acids is 1. The van der Waals surface area contributed by atoms with Crippen molar-refractivity contribution >= 4 is 16.7 Å². The zero-order chi connectivity index (χ0) is 17.7. The lowest BCUT2D eigenvalue weighted by Crippen LogP contribution is -2.15. The predicted molar refractivity (Wildman–Crippen MR) is 103 cm³/mol. The van der Waals surface area contributed by atoms with E-state index in [0.29, 0.717) is 0 Å². The van der Waals surface area contributed by atoms with E-state index in [4.69, 9.17) is 0 Å². The van der Waals surface area contributed by atoms with Crippen molar-refractivity contribution in [3.05, 3.63) is 82.6 Å². The topological polar surface area (TPSA) is 22.0 Å². The lowest BCUT2D eigenvalue weighted by molar-refractivity contribution is -0.116. The van der Waals surface area contributed by atoms with Crippen molar-refractivity contribution in [1.82, 2.24) is 4.57 Å². The van der Waals surface area contributed by atoms with Gasteiger partial charge in [-0.05, 0) is 43.5 Å². The highest BCUT2D eigenvalue weighted by Crippen LogP contribution is 2.49. The number of rotatable bonds is 2. The van der Waals surface area contributed by atoms with Crippen LogP contribution in [-0.4, -0.2) is 10.4 Å². The van der Waals surface area contributed by atoms with Gasteiger partial charge < -0.3 is 4.57 Å². The minimum absolute atomic E-state index is 0.123. The fourth-order valence-electron chi connectivity index (χ4n) is 4.41. The number of benzene rings is 2. The zero-order valence-corrected chi connectivity index (χ0v) is 15.2. The Balaban J connectivity index is 1.99. The van der Waals surface area contributed by atoms with Gasteiger partial charge in [-0.25, -0.2) is 0 Å². The maximum atomic E-state index is 13.2. The Kier molecular flexibility index (Phi) is 3.64. The number of para-hydroxylation sites is 1. The second-order valence-corrected chi connectivity index (χ2v) is 7.11. The van der Waals surface area contributed by atoms with Gasteiger partial charge in [0.2, 0.25) is 0 Å². The highest BCUT2D eigenvalue weighted by Gasteiger charge is 2.42. The van der Waals surface area contributed by atoms with Gasteiger partial charge in [0.25, 0.3) is 0 Å². The molecule has 0 N–H and O–H groups in total. The molecule has 0 saturated heterocycles. The third-order valence-electron chi connectivity index (χ3n) is 5.96. The molecular weight excluding hydrogens is 306 g/mol. The quantitative estimate of drug-likeness (QED) is 0.627. The van der Waals surface area contributed by atoms with Gasteiger partial charge >= 0.3 is 0 Å². The minimum atomic E-state index is -0.131. The number of aromatic nitrogens is 1. The number of aryl methyl sites for hydroxylation is 1. The Labute approximate surface area is 148 Å². The van der Waals surface area contributed by atoms with Crippen molar-refractivity contribution in [1.29, 1.82) is 0 Å². The summed E-state index contributed by atoms with van der Waals surface area (Å²) >= 11 is 0. The van der Waals surface area contributed by atoms with Crippen molar-refractivity contribution in [2.75, 3.05) is 0 Å². The lowest BCUT2D eigenvalue weighted by Gasteiger charge is -2.22. The molecule has 2 nitrogen and oxygen atoms in total. The first-order chi connectivity index (χ1) is 12.0. The van der Waals surface area contributed by atoms with Gasteiger partial charge in [0.1, 0.15) is 0 Å². The molecule has 0 amide bonds. The molecule has 2 heteroatoms. The van der Waals surface area contributed by atoms with Crippen molar-refractivity contribution in [2.45, 2.75) is 32.6 Å². The third kappa shape index (κ3) is 2.21. The van der Waals surface area contributed by atoms with Crippen LogP contribution in [0.2, 0.25) is 0 Å². The molecule has 0 fully saturated rings. The van der Waals surface area contributed by atoms with Crippen LogP contribution in [0.25, 0.3) is 10.9 Å². The largest absolute Gasteiger partial charge is 0.348 e. The normalized spacial score (nSPS) is 20.7. The Morgan fingerprint density at radius 1 is 0.840 bits per heavy atom. The summed E-state index contributed by atoms with van der Waals surface area (Å²) in [4.78, 5) is 13.2. The standard InChI is InChI=1S/C23H23NO/c1-14-15(2)23(25)22(20(14)17-10-6-5-7-11-17)21-16(3)24(4)19-13-9-8-12-18(19)21/h5-13,20,22H,1-4H3/t20-,22+/m1/s1. The Morgan fingerprint density at radius 2 is 1.48 bits per heavy atom. The van der Waals surface area contributed by atoms with Gasteiger partial charge in [0.05, 0.1) is 5.92 Å². The maximum absolute atomic E-state index is 13.2. The smallest absolute Gasteiger partial charge is 0.167 e. The number of Topliss-reactive ketones (excluding diaryl/α,β-unsaturated/α-hetero) is 1. The summed E-state index contributed by atoms with van der Waals surface area (Å²) < 4.78 is 2.21. The number of hydrogen-bond donors (Lipinski definition) is 0. The minimum Gasteiger partial charge on any atom is -0.348 e. The van der Waals surface area contributed by atoms with Crippen molar-refractivity contribution < 1.29 is 4.79 Å². The van der Waals surface area contributed by atoms with E-state index in [9.17, 15) is 4.79 Å². The molecular formula is C23H23NO. The molecule has 126 valence electrons. The molecule has 2 aromatic carbocycles. The van der Waals surface area contributed by atoms with Crippen LogP contribution in [0.4, 0.5) is 0 Å². The summed E-state index contributed by atoms with van der Waals surface area (Å²) in [5.41, 5.74) is 6.91. The highest BCUT2D eigenvalue weighted by molar-refractivity contribution is 6.07. The van der Waals surface area contributed by atoms with Gasteiger partial charge in [-0.3, -0.25) is 4.79 Å². The van der Waals surface area contributed by atoms with E-state index < -0.39 is 0 Å². The van der Waals surface area contributed by atoms with E-state index in [0.717, 1.165) is 5.57 Å². The first-order valence-electron chi connectivity index (χ1n) is 8.82. The molecule has 1 heterocycles. The SMILES string of the molecule is CC1=C(C)[C@H](c2ccccc2)[C@@H](c2c(C)n(C)c3ccccc23)C1=O. The maximum Gasteiger partial charge on any atom is 0.167 e. The van der Waals surface area contributed by atoms with Crippen LogP contribution >= 0.6 is 0 Å². The highest BCUT2D eigenvalue weighted by atomic mass is 16.1. The van der Waals surface area contributed by atoms with E-state index in [1.54, 1.807) is 0 Å². The third-order valence-corrected chi connectivity index (χ3v) is 5.96. The Hall–Kier alpha value is -2.61. The van der Waals surface area contributed by atoms with Crippen LogP contribution in [0.15, 0.2) is 65.7 Å². The number of nitrogens with zero attached hydrogens (tertiary/aromatic N) is 1. The van der Waals surface area contributed by atoms with Crippen molar-refractivity contribution in [3.8, 4) is 0 Å². The Bertz CT molecular complexity index is 1010. The summed E-state index contributed by atoms with van der Waals surface area (Å²) in [6.07, 6.45) is 0. The van der Waals surface area contributed by atoms with Gasteiger partial charge in [0, 0.05) is 29.6 Å². The van der Waals surface area contributed by atoms with Crippen LogP contribution in [0.3, 0.4) is 0 Å². The fraction of sp³-hybridized carbons (Fsp3) is 0.261. The predicted octanol–water partition coefficient (Wildman–Crippen LogP) is 5.27. The molecule has 1 aliphatic rings. The molecule has 3 aromatic rings. The number of ketones is 1. The van der Waals surface area contributed by atoms with E-state index in [1.807, 2.05) is 13.0 Å². The molecule has 1 aromatic heterocycles. The van der Waals surface area contributed by atoms with Crippen LogP contribution in [0.5, 0.6) is 0 Å². The van der Waals surface area contributed by atoms with Gasteiger partial charge in [-0.15, -0.1) is 0 Å². The summed E-state index contributed by atoms with van der Waals surface area (Å²) in [6.45, 7) is 6.23. The average molecular weight is 329 g/mol. The van der Waals surface area contributed by atoms with Crippen LogP contribution in [0.1, 0.15) is 42.5 Å². The molecule has 1 aliphatic carbocycles. The monoisotopic (exact) mass is 329 g/mol. The first-order valence-corrected chi connectivity index (χ1v) is 8.82. The van der Waals surface area contributed by atoms with E-state index in [-0.39, 0.29) is 17.6 Å². The van der Waals surface area contributed by atoms with E-state index in [1.165, 1.54) is 33.3 Å². The second-order valence-electron chi connectivity index (χ2n) is 7.11. The summed E-state index contributed by atoms with van der Waals surface area (Å²) in [7, 11) is 2.09. The molecule has 25 heavy (non-hydrogen) atoms. The molecule has 4 rings (SSSR count). The number of hydrogen-bond acceptors (Lipinski definition) is 1. The lowest BCUT2D eigenvalue weighted by atomic mass is 9.79. The summed E-state index contributed by atoms with van der Waals surface area (Å²) in [5, 5.41) is 1.20. The summed E-state index contributed by atoms with van der Waals surface area (Å²) in [5.74, 6) is 0.262. The van der Waals surface area contributed by atoms with Gasteiger partial charge in [-0.2, -0.15) is 0 Å². The fourth-order valence-corrected chi connectivity index (χ4v) is 4.41. The van der Waals surface area contributed by atoms with E-state index in [2.05, 4.69) is 74.0 Å². The van der Waals surface area contributed by atoms with Crippen LogP contribution in [-0.2, 0) is 11.8 Å². The summed E-state index contributed by atoms with van der Waals surface area (Å²) in [6, 6.07) is 18.9. The molecule has 0 spiro atoms. The first kappa shape index (κ1) is 15.9. The number of carbonyl (C=O) groups is 1. The second kappa shape index (κ2) is 5.73. The van der Waals surface area contributed by atoms with Gasteiger partial charge in [0.15, 0.2) is 5.78 Å². The van der Waals surface area contributed by atoms with E-state index >= 15 is 0 Å². The van der Waals surface area contributed by atoms with Crippen LogP contribution in [0, 0.1) is 6.92 Å². The molecule has 0 unspecified atom stereocenters.